The Balaban J connectivity index is 1.87. The Kier molecular flexibility index (Phi) is 4.74. The summed E-state index contributed by atoms with van der Waals surface area (Å²) in [5.74, 6) is 0.683. The molecule has 0 radical (unpaired) electrons. The summed E-state index contributed by atoms with van der Waals surface area (Å²) < 4.78 is 5.19. The Bertz CT molecular complexity index is 830. The van der Waals surface area contributed by atoms with Crippen LogP contribution in [-0.4, -0.2) is 25.5 Å². The number of ether oxygens (including phenoxy) is 1. The first-order valence-corrected chi connectivity index (χ1v) is 8.43. The van der Waals surface area contributed by atoms with Gasteiger partial charge in [-0.15, -0.1) is 0 Å². The summed E-state index contributed by atoms with van der Waals surface area (Å²) in [6.45, 7) is 4.41. The van der Waals surface area contributed by atoms with Crippen LogP contribution < -0.4 is 15.0 Å². The van der Waals surface area contributed by atoms with Gasteiger partial charge in [0.2, 0.25) is 5.91 Å². The lowest BCUT2D eigenvalue weighted by molar-refractivity contribution is -0.118. The van der Waals surface area contributed by atoms with Crippen LogP contribution in [0.15, 0.2) is 36.4 Å². The molecule has 1 aliphatic heterocycles. The van der Waals surface area contributed by atoms with Crippen molar-refractivity contribution in [1.82, 2.24) is 0 Å². The fourth-order valence-electron chi connectivity index (χ4n) is 3.19. The Hall–Kier alpha value is -2.82. The number of nitrogens with zero attached hydrogens (tertiary/aromatic N) is 1. The zero-order valence-corrected chi connectivity index (χ0v) is 14.8. The van der Waals surface area contributed by atoms with Gasteiger partial charge in [-0.1, -0.05) is 13.0 Å². The fraction of sp³-hybridized carbons (Fsp3) is 0.300. The molecule has 2 aromatic rings. The molecule has 0 aromatic heterocycles. The predicted octanol–water partition coefficient (Wildman–Crippen LogP) is 3.56. The highest BCUT2D eigenvalue weighted by molar-refractivity contribution is 6.08. The minimum Gasteiger partial charge on any atom is -0.497 e. The molecule has 1 aliphatic rings. The third-order valence-corrected chi connectivity index (χ3v) is 4.56. The monoisotopic (exact) mass is 338 g/mol. The van der Waals surface area contributed by atoms with E-state index in [1.807, 2.05) is 50.2 Å². The molecular weight excluding hydrogens is 316 g/mol. The molecule has 1 N–H and O–H groups in total. The lowest BCUT2D eigenvalue weighted by atomic mass is 10.0. The molecule has 25 heavy (non-hydrogen) atoms. The Labute approximate surface area is 147 Å². The molecule has 3 rings (SSSR count). The molecular formula is C20H22N2O3. The summed E-state index contributed by atoms with van der Waals surface area (Å²) >= 11 is 0. The molecule has 0 atom stereocenters. The van der Waals surface area contributed by atoms with Crippen molar-refractivity contribution in [3.8, 4) is 5.75 Å². The van der Waals surface area contributed by atoms with E-state index in [2.05, 4.69) is 5.32 Å². The molecule has 0 spiro atoms. The van der Waals surface area contributed by atoms with Gasteiger partial charge in [0.15, 0.2) is 0 Å². The largest absolute Gasteiger partial charge is 0.497 e. The standard InChI is InChI=1S/C20H22N2O3/c1-4-19(23)22-11-10-15-16(6-5-7-18(15)22)20(24)21-17-9-8-14(25-3)12-13(17)2/h5-9,12H,4,10-11H2,1-3H3,(H,21,24). The van der Waals surface area contributed by atoms with Gasteiger partial charge in [0.25, 0.3) is 5.91 Å². The molecule has 5 heteroatoms. The molecule has 5 nitrogen and oxygen atoms in total. The van der Waals surface area contributed by atoms with Gasteiger partial charge in [0.1, 0.15) is 5.75 Å². The lowest BCUT2D eigenvalue weighted by Gasteiger charge is -2.17. The molecule has 0 unspecified atom stereocenters. The van der Waals surface area contributed by atoms with Crippen molar-refractivity contribution in [2.45, 2.75) is 26.7 Å². The number of benzene rings is 2. The maximum absolute atomic E-state index is 12.8. The van der Waals surface area contributed by atoms with Crippen molar-refractivity contribution in [2.24, 2.45) is 0 Å². The number of carbonyl (C=O) groups excluding carboxylic acids is 2. The van der Waals surface area contributed by atoms with E-state index >= 15 is 0 Å². The number of methoxy groups -OCH3 is 1. The number of carbonyl (C=O) groups is 2. The maximum atomic E-state index is 12.8. The van der Waals surface area contributed by atoms with E-state index in [0.717, 1.165) is 28.3 Å². The van der Waals surface area contributed by atoms with Crippen LogP contribution in [0.5, 0.6) is 5.75 Å². The van der Waals surface area contributed by atoms with Crippen LogP contribution in [0.2, 0.25) is 0 Å². The Morgan fingerprint density at radius 1 is 1.24 bits per heavy atom. The van der Waals surface area contributed by atoms with Gasteiger partial charge in [-0.2, -0.15) is 0 Å². The molecule has 2 amide bonds. The summed E-state index contributed by atoms with van der Waals surface area (Å²) in [5.41, 5.74) is 4.10. The van der Waals surface area contributed by atoms with E-state index in [1.165, 1.54) is 0 Å². The number of amides is 2. The number of nitrogens with one attached hydrogen (secondary N) is 1. The van der Waals surface area contributed by atoms with Gasteiger partial charge >= 0.3 is 0 Å². The molecule has 0 saturated heterocycles. The molecule has 0 saturated carbocycles. The summed E-state index contributed by atoms with van der Waals surface area (Å²) in [5, 5.41) is 2.97. The van der Waals surface area contributed by atoms with E-state index in [0.29, 0.717) is 24.9 Å². The molecule has 0 bridgehead atoms. The van der Waals surface area contributed by atoms with Crippen molar-refractivity contribution in [3.63, 3.8) is 0 Å². The van der Waals surface area contributed by atoms with Crippen LogP contribution in [0, 0.1) is 6.92 Å². The smallest absolute Gasteiger partial charge is 0.256 e. The van der Waals surface area contributed by atoms with Crippen LogP contribution in [0.25, 0.3) is 0 Å². The first-order chi connectivity index (χ1) is 12.0. The highest BCUT2D eigenvalue weighted by Crippen LogP contribution is 2.32. The van der Waals surface area contributed by atoms with Crippen molar-refractivity contribution < 1.29 is 14.3 Å². The van der Waals surface area contributed by atoms with E-state index in [4.69, 9.17) is 4.74 Å². The zero-order chi connectivity index (χ0) is 18.0. The van der Waals surface area contributed by atoms with Crippen molar-refractivity contribution in [3.05, 3.63) is 53.1 Å². The number of rotatable bonds is 4. The molecule has 130 valence electrons. The Morgan fingerprint density at radius 2 is 2.04 bits per heavy atom. The van der Waals surface area contributed by atoms with Crippen LogP contribution in [0.3, 0.4) is 0 Å². The third-order valence-electron chi connectivity index (χ3n) is 4.56. The average molecular weight is 338 g/mol. The quantitative estimate of drug-likeness (QED) is 0.927. The SMILES string of the molecule is CCC(=O)N1CCc2c(C(=O)Nc3ccc(OC)cc3C)cccc21. The minimum atomic E-state index is -0.157. The fourth-order valence-corrected chi connectivity index (χ4v) is 3.19. The number of anilines is 2. The summed E-state index contributed by atoms with van der Waals surface area (Å²) in [7, 11) is 1.61. The van der Waals surface area contributed by atoms with E-state index in [-0.39, 0.29) is 11.8 Å². The zero-order valence-electron chi connectivity index (χ0n) is 14.8. The van der Waals surface area contributed by atoms with Crippen molar-refractivity contribution in [2.75, 3.05) is 23.9 Å². The molecule has 2 aromatic carbocycles. The van der Waals surface area contributed by atoms with Gasteiger partial charge in [0.05, 0.1) is 7.11 Å². The second-order valence-electron chi connectivity index (χ2n) is 6.09. The first-order valence-electron chi connectivity index (χ1n) is 8.43. The van der Waals surface area contributed by atoms with Gasteiger partial charge in [-0.05, 0) is 54.8 Å². The van der Waals surface area contributed by atoms with Gasteiger partial charge in [0, 0.05) is 29.9 Å². The van der Waals surface area contributed by atoms with Gasteiger partial charge < -0.3 is 15.0 Å². The van der Waals surface area contributed by atoms with Gasteiger partial charge in [-0.3, -0.25) is 9.59 Å². The number of hydrogen-bond donors (Lipinski definition) is 1. The molecule has 1 heterocycles. The molecule has 0 aliphatic carbocycles. The summed E-state index contributed by atoms with van der Waals surface area (Å²) in [4.78, 5) is 26.6. The highest BCUT2D eigenvalue weighted by atomic mass is 16.5. The van der Waals surface area contributed by atoms with Crippen LogP contribution in [0.1, 0.15) is 34.8 Å². The number of aryl methyl sites for hydroxylation is 1. The second kappa shape index (κ2) is 6.97. The van der Waals surface area contributed by atoms with Crippen LogP contribution >= 0.6 is 0 Å². The minimum absolute atomic E-state index is 0.0855. The topological polar surface area (TPSA) is 58.6 Å². The van der Waals surface area contributed by atoms with Crippen LogP contribution in [0.4, 0.5) is 11.4 Å². The molecule has 0 fully saturated rings. The van der Waals surface area contributed by atoms with Crippen molar-refractivity contribution >= 4 is 23.2 Å². The Morgan fingerprint density at radius 3 is 2.72 bits per heavy atom. The van der Waals surface area contributed by atoms with E-state index in [1.54, 1.807) is 12.0 Å². The number of hydrogen-bond acceptors (Lipinski definition) is 3. The average Bonchev–Trinajstić information content (AvgIpc) is 3.06. The predicted molar refractivity (Wildman–Crippen MR) is 98.5 cm³/mol. The maximum Gasteiger partial charge on any atom is 0.256 e. The summed E-state index contributed by atoms with van der Waals surface area (Å²) in [6.07, 6.45) is 1.16. The van der Waals surface area contributed by atoms with Gasteiger partial charge in [-0.25, -0.2) is 0 Å². The second-order valence-corrected chi connectivity index (χ2v) is 6.09. The number of fused-ring (bicyclic) bond motifs is 1. The van der Waals surface area contributed by atoms with Crippen LogP contribution in [-0.2, 0) is 11.2 Å². The lowest BCUT2D eigenvalue weighted by Crippen LogP contribution is -2.27. The van der Waals surface area contributed by atoms with E-state index in [9.17, 15) is 9.59 Å². The summed E-state index contributed by atoms with van der Waals surface area (Å²) in [6, 6.07) is 11.1. The third kappa shape index (κ3) is 3.22. The van der Waals surface area contributed by atoms with E-state index < -0.39 is 0 Å². The first kappa shape index (κ1) is 17.0. The highest BCUT2D eigenvalue weighted by Gasteiger charge is 2.27. The normalized spacial score (nSPS) is 12.7. The van der Waals surface area contributed by atoms with Crippen molar-refractivity contribution in [1.29, 1.82) is 0 Å².